The lowest BCUT2D eigenvalue weighted by atomic mass is 10.0. The molecule has 0 saturated heterocycles. The zero-order valence-corrected chi connectivity index (χ0v) is 7.62. The van der Waals surface area contributed by atoms with Crippen LogP contribution in [0.3, 0.4) is 0 Å². The second kappa shape index (κ2) is 3.21. The van der Waals surface area contributed by atoms with Crippen LogP contribution in [0.5, 0.6) is 5.75 Å². The average molecular weight is 176 g/mol. The van der Waals surface area contributed by atoms with E-state index in [0.717, 1.165) is 24.9 Å². The van der Waals surface area contributed by atoms with Gasteiger partial charge in [-0.15, -0.1) is 0 Å². The van der Waals surface area contributed by atoms with Crippen LogP contribution in [0.15, 0.2) is 18.2 Å². The summed E-state index contributed by atoms with van der Waals surface area (Å²) in [5.74, 6) is 0.878. The number of carbonyl (C=O) groups is 1. The molecule has 2 rings (SSSR count). The van der Waals surface area contributed by atoms with E-state index in [1.807, 2.05) is 13.0 Å². The predicted octanol–water partition coefficient (Wildman–Crippen LogP) is 1.89. The summed E-state index contributed by atoms with van der Waals surface area (Å²) in [6.07, 6.45) is 2.39. The molecule has 2 nitrogen and oxygen atoms in total. The number of benzene rings is 1. The Bertz CT molecular complexity index is 331. The molecule has 1 aromatic carbocycles. The van der Waals surface area contributed by atoms with Crippen LogP contribution in [0.2, 0.25) is 0 Å². The number of hydrogen-bond donors (Lipinski definition) is 0. The van der Waals surface area contributed by atoms with Crippen molar-refractivity contribution in [2.75, 3.05) is 0 Å². The molecule has 1 aromatic rings. The van der Waals surface area contributed by atoms with Crippen molar-refractivity contribution in [2.45, 2.75) is 25.9 Å². The Hall–Kier alpha value is -1.31. The van der Waals surface area contributed by atoms with Crippen molar-refractivity contribution in [3.63, 3.8) is 0 Å². The fraction of sp³-hybridized carbons (Fsp3) is 0.364. The van der Waals surface area contributed by atoms with Gasteiger partial charge in [0.1, 0.15) is 5.75 Å². The maximum Gasteiger partial charge on any atom is 0.160 e. The van der Waals surface area contributed by atoms with E-state index in [1.165, 1.54) is 11.1 Å². The average Bonchev–Trinajstić information content (AvgIpc) is 2.16. The van der Waals surface area contributed by atoms with Crippen LogP contribution in [-0.4, -0.2) is 12.4 Å². The lowest BCUT2D eigenvalue weighted by Gasteiger charge is -2.22. The maximum absolute atomic E-state index is 10.5. The first-order valence-corrected chi connectivity index (χ1v) is 4.51. The molecule has 0 saturated carbocycles. The Morgan fingerprint density at radius 3 is 3.15 bits per heavy atom. The minimum absolute atomic E-state index is 0.241. The Kier molecular flexibility index (Phi) is 2.05. The first kappa shape index (κ1) is 8.30. The highest BCUT2D eigenvalue weighted by molar-refractivity contribution is 5.58. The topological polar surface area (TPSA) is 26.3 Å². The highest BCUT2D eigenvalue weighted by atomic mass is 16.5. The van der Waals surface area contributed by atoms with Crippen LogP contribution in [0, 0.1) is 6.92 Å². The second-order valence-electron chi connectivity index (χ2n) is 3.44. The summed E-state index contributed by atoms with van der Waals surface area (Å²) in [7, 11) is 0. The lowest BCUT2D eigenvalue weighted by molar-refractivity contribution is -0.114. The molecule has 0 bridgehead atoms. The number of fused-ring (bicyclic) bond motifs is 1. The summed E-state index contributed by atoms with van der Waals surface area (Å²) in [5, 5.41) is 0. The molecule has 0 radical (unpaired) electrons. The van der Waals surface area contributed by atoms with Crippen LogP contribution in [0.1, 0.15) is 17.5 Å². The van der Waals surface area contributed by atoms with Gasteiger partial charge in [-0.1, -0.05) is 12.1 Å². The number of hydrogen-bond acceptors (Lipinski definition) is 2. The van der Waals surface area contributed by atoms with Gasteiger partial charge in [-0.05, 0) is 37.0 Å². The largest absolute Gasteiger partial charge is 0.483 e. The van der Waals surface area contributed by atoms with Crippen LogP contribution in [0.4, 0.5) is 0 Å². The van der Waals surface area contributed by atoms with E-state index in [1.54, 1.807) is 0 Å². The van der Waals surface area contributed by atoms with Gasteiger partial charge in [0.15, 0.2) is 12.4 Å². The van der Waals surface area contributed by atoms with Crippen molar-refractivity contribution in [3.05, 3.63) is 29.3 Å². The summed E-state index contributed by atoms with van der Waals surface area (Å²) in [5.41, 5.74) is 2.38. The molecule has 1 atom stereocenters. The van der Waals surface area contributed by atoms with E-state index in [0.29, 0.717) is 0 Å². The third kappa shape index (κ3) is 1.57. The molecule has 0 aliphatic carbocycles. The number of carbonyl (C=O) groups excluding carboxylic acids is 1. The third-order valence-corrected chi connectivity index (χ3v) is 2.35. The third-order valence-electron chi connectivity index (χ3n) is 2.35. The Labute approximate surface area is 77.5 Å². The van der Waals surface area contributed by atoms with Gasteiger partial charge in [-0.2, -0.15) is 0 Å². The van der Waals surface area contributed by atoms with Gasteiger partial charge in [0.2, 0.25) is 0 Å². The number of rotatable bonds is 1. The zero-order chi connectivity index (χ0) is 9.26. The van der Waals surface area contributed by atoms with E-state index in [2.05, 4.69) is 12.1 Å². The van der Waals surface area contributed by atoms with Crippen LogP contribution >= 0.6 is 0 Å². The number of aryl methyl sites for hydroxylation is 2. The number of aldehydes is 1. The molecular formula is C11H12O2. The standard InChI is InChI=1S/C11H12O2/c1-8-2-3-9-4-5-10(7-12)13-11(9)6-8/h2-3,6-7,10H,4-5H2,1H3. The van der Waals surface area contributed by atoms with Crippen molar-refractivity contribution in [2.24, 2.45) is 0 Å². The Morgan fingerprint density at radius 2 is 2.38 bits per heavy atom. The SMILES string of the molecule is Cc1ccc2c(c1)OC(C=O)CC2. The molecule has 0 aromatic heterocycles. The van der Waals surface area contributed by atoms with E-state index < -0.39 is 0 Å². The molecule has 1 aliphatic heterocycles. The smallest absolute Gasteiger partial charge is 0.160 e. The minimum Gasteiger partial charge on any atom is -0.483 e. The maximum atomic E-state index is 10.5. The summed E-state index contributed by atoms with van der Waals surface area (Å²) < 4.78 is 5.49. The predicted molar refractivity (Wildman–Crippen MR) is 50.0 cm³/mol. The highest BCUT2D eigenvalue weighted by Gasteiger charge is 2.18. The van der Waals surface area contributed by atoms with Gasteiger partial charge in [-0.3, -0.25) is 4.79 Å². The Balaban J connectivity index is 2.32. The summed E-state index contributed by atoms with van der Waals surface area (Å²) in [6.45, 7) is 2.02. The van der Waals surface area contributed by atoms with Crippen LogP contribution in [0.25, 0.3) is 0 Å². The Morgan fingerprint density at radius 1 is 1.54 bits per heavy atom. The molecule has 2 heteroatoms. The summed E-state index contributed by atoms with van der Waals surface area (Å²) >= 11 is 0. The van der Waals surface area contributed by atoms with Crippen molar-refractivity contribution in [1.82, 2.24) is 0 Å². The van der Waals surface area contributed by atoms with Crippen molar-refractivity contribution >= 4 is 6.29 Å². The lowest BCUT2D eigenvalue weighted by Crippen LogP contribution is -2.23. The summed E-state index contributed by atoms with van der Waals surface area (Å²) in [6, 6.07) is 6.14. The van der Waals surface area contributed by atoms with Crippen LogP contribution in [-0.2, 0) is 11.2 Å². The normalized spacial score (nSPS) is 20.2. The molecule has 0 fully saturated rings. The second-order valence-corrected chi connectivity index (χ2v) is 3.44. The highest BCUT2D eigenvalue weighted by Crippen LogP contribution is 2.27. The van der Waals surface area contributed by atoms with Gasteiger partial charge < -0.3 is 4.74 Å². The molecule has 0 spiro atoms. The van der Waals surface area contributed by atoms with Gasteiger partial charge in [0, 0.05) is 0 Å². The van der Waals surface area contributed by atoms with E-state index in [9.17, 15) is 4.79 Å². The molecule has 13 heavy (non-hydrogen) atoms. The van der Waals surface area contributed by atoms with Crippen molar-refractivity contribution < 1.29 is 9.53 Å². The molecule has 1 aliphatic rings. The van der Waals surface area contributed by atoms with E-state index in [-0.39, 0.29) is 6.10 Å². The molecule has 1 unspecified atom stereocenters. The fourth-order valence-corrected chi connectivity index (χ4v) is 1.59. The van der Waals surface area contributed by atoms with Gasteiger partial charge >= 0.3 is 0 Å². The van der Waals surface area contributed by atoms with E-state index >= 15 is 0 Å². The monoisotopic (exact) mass is 176 g/mol. The van der Waals surface area contributed by atoms with Gasteiger partial charge in [-0.25, -0.2) is 0 Å². The summed E-state index contributed by atoms with van der Waals surface area (Å²) in [4.78, 5) is 10.5. The first-order chi connectivity index (χ1) is 6.29. The number of ether oxygens (including phenoxy) is 1. The molecule has 0 N–H and O–H groups in total. The van der Waals surface area contributed by atoms with E-state index in [4.69, 9.17) is 4.74 Å². The van der Waals surface area contributed by atoms with Gasteiger partial charge in [0.05, 0.1) is 0 Å². The van der Waals surface area contributed by atoms with Crippen molar-refractivity contribution in [1.29, 1.82) is 0 Å². The van der Waals surface area contributed by atoms with Crippen molar-refractivity contribution in [3.8, 4) is 5.75 Å². The molecule has 68 valence electrons. The quantitative estimate of drug-likeness (QED) is 0.611. The van der Waals surface area contributed by atoms with Gasteiger partial charge in [0.25, 0.3) is 0 Å². The zero-order valence-electron chi connectivity index (χ0n) is 7.62. The molecule has 1 heterocycles. The van der Waals surface area contributed by atoms with Crippen LogP contribution < -0.4 is 4.74 Å². The first-order valence-electron chi connectivity index (χ1n) is 4.51. The molecular weight excluding hydrogens is 164 g/mol. The minimum atomic E-state index is -0.241. The fourth-order valence-electron chi connectivity index (χ4n) is 1.59. The molecule has 0 amide bonds.